The molecule has 86 valence electrons. The van der Waals surface area contributed by atoms with Crippen molar-refractivity contribution < 1.29 is 9.90 Å². The lowest BCUT2D eigenvalue weighted by molar-refractivity contribution is -0.143. The van der Waals surface area contributed by atoms with Gasteiger partial charge in [0.1, 0.15) is 0 Å². The van der Waals surface area contributed by atoms with Gasteiger partial charge in [-0.05, 0) is 25.7 Å². The molecular formula is C11H19NO2S. The summed E-state index contributed by atoms with van der Waals surface area (Å²) in [6.07, 6.45) is 3.93. The summed E-state index contributed by atoms with van der Waals surface area (Å²) in [5.41, 5.74) is 0. The van der Waals surface area contributed by atoms with Crippen LogP contribution in [0.4, 0.5) is 0 Å². The molecule has 0 aromatic heterocycles. The molecule has 1 saturated carbocycles. The molecule has 0 spiro atoms. The minimum absolute atomic E-state index is 0.0691. The van der Waals surface area contributed by atoms with Crippen molar-refractivity contribution >= 4 is 17.7 Å². The van der Waals surface area contributed by atoms with Crippen LogP contribution in [0.3, 0.4) is 0 Å². The molecule has 0 amide bonds. The normalized spacial score (nSPS) is 33.9. The number of carboxylic acids is 1. The van der Waals surface area contributed by atoms with Crippen LogP contribution in [-0.4, -0.2) is 46.6 Å². The van der Waals surface area contributed by atoms with Crippen LogP contribution in [0.2, 0.25) is 0 Å². The van der Waals surface area contributed by atoms with Gasteiger partial charge < -0.3 is 5.11 Å². The van der Waals surface area contributed by atoms with Gasteiger partial charge in [0.15, 0.2) is 0 Å². The standard InChI is InChI=1S/C11H19NO2S/c13-11(14)9-1-3-10(4-2-9)12-5-7-15-8-6-12/h9-10H,1-8H2,(H,13,14). The quantitative estimate of drug-likeness (QED) is 0.782. The van der Waals surface area contributed by atoms with E-state index >= 15 is 0 Å². The summed E-state index contributed by atoms with van der Waals surface area (Å²) in [5.74, 6) is 1.83. The summed E-state index contributed by atoms with van der Waals surface area (Å²) >= 11 is 2.03. The Labute approximate surface area is 95.2 Å². The number of nitrogens with zero attached hydrogens (tertiary/aromatic N) is 1. The molecule has 2 fully saturated rings. The van der Waals surface area contributed by atoms with Crippen molar-refractivity contribution in [2.45, 2.75) is 31.7 Å². The van der Waals surface area contributed by atoms with Crippen molar-refractivity contribution in [1.29, 1.82) is 0 Å². The topological polar surface area (TPSA) is 40.5 Å². The zero-order valence-electron chi connectivity index (χ0n) is 9.02. The number of rotatable bonds is 2. The first-order chi connectivity index (χ1) is 7.27. The second-order valence-corrected chi connectivity index (χ2v) is 5.72. The Morgan fingerprint density at radius 3 is 2.27 bits per heavy atom. The third-order valence-corrected chi connectivity index (χ3v) is 4.55. The van der Waals surface area contributed by atoms with Gasteiger partial charge in [0.25, 0.3) is 0 Å². The molecule has 0 aromatic carbocycles. The van der Waals surface area contributed by atoms with E-state index in [4.69, 9.17) is 5.11 Å². The molecule has 0 bridgehead atoms. The largest absolute Gasteiger partial charge is 0.481 e. The second-order valence-electron chi connectivity index (χ2n) is 4.49. The van der Waals surface area contributed by atoms with E-state index in [-0.39, 0.29) is 5.92 Å². The van der Waals surface area contributed by atoms with Gasteiger partial charge in [0.05, 0.1) is 5.92 Å². The Bertz CT molecular complexity index is 221. The second kappa shape index (κ2) is 5.21. The Hall–Kier alpha value is -0.220. The van der Waals surface area contributed by atoms with E-state index in [1.165, 1.54) is 24.6 Å². The van der Waals surface area contributed by atoms with Crippen LogP contribution in [0.15, 0.2) is 0 Å². The molecule has 0 atom stereocenters. The lowest BCUT2D eigenvalue weighted by atomic mass is 9.85. The van der Waals surface area contributed by atoms with Crippen LogP contribution in [0, 0.1) is 5.92 Å². The maximum Gasteiger partial charge on any atom is 0.306 e. The molecule has 1 aliphatic carbocycles. The molecule has 2 aliphatic rings. The summed E-state index contributed by atoms with van der Waals surface area (Å²) in [4.78, 5) is 13.4. The van der Waals surface area contributed by atoms with Gasteiger partial charge in [-0.3, -0.25) is 9.69 Å². The minimum atomic E-state index is -0.595. The molecule has 1 aliphatic heterocycles. The molecule has 3 nitrogen and oxygen atoms in total. The van der Waals surface area contributed by atoms with E-state index in [0.717, 1.165) is 25.7 Å². The van der Waals surface area contributed by atoms with Crippen molar-refractivity contribution in [3.63, 3.8) is 0 Å². The maximum atomic E-state index is 10.8. The zero-order valence-corrected chi connectivity index (χ0v) is 9.84. The fourth-order valence-corrected chi connectivity index (χ4v) is 3.56. The number of thioether (sulfide) groups is 1. The van der Waals surface area contributed by atoms with Crippen molar-refractivity contribution in [2.75, 3.05) is 24.6 Å². The van der Waals surface area contributed by atoms with Gasteiger partial charge in [-0.2, -0.15) is 11.8 Å². The van der Waals surface area contributed by atoms with Crippen LogP contribution in [0.1, 0.15) is 25.7 Å². The first kappa shape index (κ1) is 11.3. The van der Waals surface area contributed by atoms with E-state index < -0.39 is 5.97 Å². The Kier molecular flexibility index (Phi) is 3.92. The Morgan fingerprint density at radius 1 is 1.13 bits per heavy atom. The van der Waals surface area contributed by atoms with E-state index in [1.54, 1.807) is 0 Å². The molecule has 1 heterocycles. The average molecular weight is 229 g/mol. The van der Waals surface area contributed by atoms with Crippen molar-refractivity contribution in [3.05, 3.63) is 0 Å². The maximum absolute atomic E-state index is 10.8. The summed E-state index contributed by atoms with van der Waals surface area (Å²) in [6.45, 7) is 2.40. The zero-order chi connectivity index (χ0) is 10.7. The first-order valence-electron chi connectivity index (χ1n) is 5.82. The van der Waals surface area contributed by atoms with Crippen LogP contribution >= 0.6 is 11.8 Å². The summed E-state index contributed by atoms with van der Waals surface area (Å²) in [7, 11) is 0. The van der Waals surface area contributed by atoms with Gasteiger partial charge in [-0.1, -0.05) is 0 Å². The Balaban J connectivity index is 1.79. The predicted octanol–water partition coefficient (Wildman–Crippen LogP) is 1.68. The lowest BCUT2D eigenvalue weighted by Crippen LogP contribution is -2.43. The summed E-state index contributed by atoms with van der Waals surface area (Å²) in [5, 5.41) is 8.92. The number of hydrogen-bond acceptors (Lipinski definition) is 3. The summed E-state index contributed by atoms with van der Waals surface area (Å²) < 4.78 is 0. The fourth-order valence-electron chi connectivity index (χ4n) is 2.63. The highest BCUT2D eigenvalue weighted by molar-refractivity contribution is 7.99. The molecule has 0 radical (unpaired) electrons. The fraction of sp³-hybridized carbons (Fsp3) is 0.909. The SMILES string of the molecule is O=C(O)C1CCC(N2CCSCC2)CC1. The summed E-state index contributed by atoms with van der Waals surface area (Å²) in [6, 6.07) is 0.668. The lowest BCUT2D eigenvalue weighted by Gasteiger charge is -2.37. The van der Waals surface area contributed by atoms with E-state index in [2.05, 4.69) is 4.90 Å². The molecule has 4 heteroatoms. The molecule has 15 heavy (non-hydrogen) atoms. The molecule has 2 rings (SSSR count). The number of aliphatic carboxylic acids is 1. The minimum Gasteiger partial charge on any atom is -0.481 e. The van der Waals surface area contributed by atoms with Gasteiger partial charge >= 0.3 is 5.97 Å². The number of carbonyl (C=O) groups is 1. The van der Waals surface area contributed by atoms with Gasteiger partial charge in [0.2, 0.25) is 0 Å². The van der Waals surface area contributed by atoms with Crippen molar-refractivity contribution in [3.8, 4) is 0 Å². The third-order valence-electron chi connectivity index (χ3n) is 3.61. The molecule has 1 saturated heterocycles. The highest BCUT2D eigenvalue weighted by atomic mass is 32.2. The van der Waals surface area contributed by atoms with Crippen molar-refractivity contribution in [2.24, 2.45) is 5.92 Å². The third kappa shape index (κ3) is 2.88. The van der Waals surface area contributed by atoms with Gasteiger partial charge in [0, 0.05) is 30.6 Å². The van der Waals surface area contributed by atoms with Crippen LogP contribution in [0.25, 0.3) is 0 Å². The average Bonchev–Trinajstić information content (AvgIpc) is 2.30. The van der Waals surface area contributed by atoms with E-state index in [1.807, 2.05) is 11.8 Å². The van der Waals surface area contributed by atoms with Crippen LogP contribution < -0.4 is 0 Å². The van der Waals surface area contributed by atoms with E-state index in [0.29, 0.717) is 6.04 Å². The smallest absolute Gasteiger partial charge is 0.306 e. The molecule has 1 N–H and O–H groups in total. The van der Waals surface area contributed by atoms with Crippen LogP contribution in [0.5, 0.6) is 0 Å². The van der Waals surface area contributed by atoms with Gasteiger partial charge in [-0.25, -0.2) is 0 Å². The van der Waals surface area contributed by atoms with Crippen molar-refractivity contribution in [1.82, 2.24) is 4.90 Å². The molecule has 0 unspecified atom stereocenters. The number of carboxylic acid groups (broad SMARTS) is 1. The van der Waals surface area contributed by atoms with E-state index in [9.17, 15) is 4.79 Å². The first-order valence-corrected chi connectivity index (χ1v) is 6.97. The molecule has 0 aromatic rings. The highest BCUT2D eigenvalue weighted by Crippen LogP contribution is 2.28. The van der Waals surface area contributed by atoms with Crippen LogP contribution in [-0.2, 0) is 4.79 Å². The Morgan fingerprint density at radius 2 is 1.73 bits per heavy atom. The molecular weight excluding hydrogens is 210 g/mol. The number of hydrogen-bond donors (Lipinski definition) is 1. The van der Waals surface area contributed by atoms with Gasteiger partial charge in [-0.15, -0.1) is 0 Å². The predicted molar refractivity (Wildman–Crippen MR) is 62.3 cm³/mol. The highest BCUT2D eigenvalue weighted by Gasteiger charge is 2.29. The monoisotopic (exact) mass is 229 g/mol.